The topological polar surface area (TPSA) is 30.3 Å². The highest BCUT2D eigenvalue weighted by Gasteiger charge is 2.19. The van der Waals surface area contributed by atoms with Crippen molar-refractivity contribution in [2.45, 2.75) is 6.54 Å². The van der Waals surface area contributed by atoms with Gasteiger partial charge in [0, 0.05) is 25.5 Å². The molecule has 0 saturated heterocycles. The van der Waals surface area contributed by atoms with E-state index in [0.29, 0.717) is 13.2 Å². The van der Waals surface area contributed by atoms with Gasteiger partial charge in [-0.05, 0) is 12.1 Å². The lowest BCUT2D eigenvalue weighted by atomic mass is 10.2. The summed E-state index contributed by atoms with van der Waals surface area (Å²) in [4.78, 5) is 6.38. The highest BCUT2D eigenvalue weighted by atomic mass is 19.1. The Morgan fingerprint density at radius 2 is 2.33 bits per heavy atom. The first kappa shape index (κ1) is 11.1. The lowest BCUT2D eigenvalue weighted by Crippen LogP contribution is -2.33. The number of rotatable bonds is 2. The molecule has 3 rings (SSSR count). The van der Waals surface area contributed by atoms with Crippen LogP contribution in [0.3, 0.4) is 0 Å². The molecule has 0 aliphatic carbocycles. The Kier molecular flexibility index (Phi) is 2.66. The van der Waals surface area contributed by atoms with E-state index in [0.717, 1.165) is 23.8 Å². The Labute approximate surface area is 105 Å². The predicted octanol–water partition coefficient (Wildman–Crippen LogP) is 1.96. The third kappa shape index (κ3) is 1.92. The van der Waals surface area contributed by atoms with Gasteiger partial charge in [-0.15, -0.1) is 0 Å². The van der Waals surface area contributed by atoms with Gasteiger partial charge in [-0.3, -0.25) is 0 Å². The Hall–Kier alpha value is -2.04. The molecule has 0 saturated carbocycles. The van der Waals surface area contributed by atoms with Gasteiger partial charge in [0.2, 0.25) is 0 Å². The van der Waals surface area contributed by atoms with Crippen LogP contribution < -0.4 is 9.64 Å². The Bertz CT molecular complexity index is 567. The van der Waals surface area contributed by atoms with E-state index in [9.17, 15) is 4.39 Å². The minimum atomic E-state index is -0.246. The van der Waals surface area contributed by atoms with Crippen molar-refractivity contribution in [2.75, 3.05) is 18.1 Å². The maximum Gasteiger partial charge on any atom is 0.142 e. The van der Waals surface area contributed by atoms with Crippen molar-refractivity contribution in [2.24, 2.45) is 7.05 Å². The smallest absolute Gasteiger partial charge is 0.142 e. The molecule has 1 aliphatic heterocycles. The fraction of sp³-hybridized carbons (Fsp3) is 0.308. The molecule has 1 aromatic heterocycles. The summed E-state index contributed by atoms with van der Waals surface area (Å²) in [5.74, 6) is 1.44. The summed E-state index contributed by atoms with van der Waals surface area (Å²) in [6, 6.07) is 4.61. The van der Waals surface area contributed by atoms with Gasteiger partial charge in [-0.2, -0.15) is 0 Å². The van der Waals surface area contributed by atoms with Crippen LogP contribution in [0.2, 0.25) is 0 Å². The Morgan fingerprint density at radius 1 is 1.44 bits per heavy atom. The van der Waals surface area contributed by atoms with E-state index >= 15 is 0 Å². The lowest BCUT2D eigenvalue weighted by Gasteiger charge is -2.30. The summed E-state index contributed by atoms with van der Waals surface area (Å²) < 4.78 is 20.8. The fourth-order valence-corrected chi connectivity index (χ4v) is 2.13. The molecule has 0 spiro atoms. The number of benzene rings is 1. The van der Waals surface area contributed by atoms with Crippen LogP contribution in [0, 0.1) is 5.82 Å². The summed E-state index contributed by atoms with van der Waals surface area (Å²) in [5, 5.41) is 0. The molecule has 2 aromatic rings. The second kappa shape index (κ2) is 4.33. The van der Waals surface area contributed by atoms with E-state index in [1.807, 2.05) is 17.8 Å². The summed E-state index contributed by atoms with van der Waals surface area (Å²) in [5.41, 5.74) is 0.796. The molecule has 0 fully saturated rings. The van der Waals surface area contributed by atoms with Crippen molar-refractivity contribution in [3.63, 3.8) is 0 Å². The number of nitrogens with zero attached hydrogens (tertiary/aromatic N) is 3. The zero-order valence-corrected chi connectivity index (χ0v) is 10.1. The molecule has 18 heavy (non-hydrogen) atoms. The number of anilines is 1. The summed E-state index contributed by atoms with van der Waals surface area (Å²) in [6.07, 6.45) is 3.67. The Morgan fingerprint density at radius 3 is 3.11 bits per heavy atom. The number of fused-ring (bicyclic) bond motifs is 1. The van der Waals surface area contributed by atoms with Crippen LogP contribution in [0.15, 0.2) is 30.6 Å². The van der Waals surface area contributed by atoms with Crippen molar-refractivity contribution in [3.8, 4) is 5.75 Å². The highest BCUT2D eigenvalue weighted by molar-refractivity contribution is 5.60. The average Bonchev–Trinajstić information content (AvgIpc) is 2.76. The van der Waals surface area contributed by atoms with Gasteiger partial charge in [-0.1, -0.05) is 0 Å². The van der Waals surface area contributed by atoms with Gasteiger partial charge in [-0.25, -0.2) is 9.37 Å². The minimum Gasteiger partial charge on any atom is -0.490 e. The van der Waals surface area contributed by atoms with Gasteiger partial charge in [0.25, 0.3) is 0 Å². The maximum atomic E-state index is 13.3. The maximum absolute atomic E-state index is 13.3. The number of hydrogen-bond acceptors (Lipinski definition) is 3. The third-order valence-corrected chi connectivity index (χ3v) is 3.13. The monoisotopic (exact) mass is 247 g/mol. The third-order valence-electron chi connectivity index (χ3n) is 3.13. The second-order valence-electron chi connectivity index (χ2n) is 4.34. The molecular formula is C13H14FN3O. The van der Waals surface area contributed by atoms with E-state index in [-0.39, 0.29) is 5.82 Å². The van der Waals surface area contributed by atoms with Crippen molar-refractivity contribution in [3.05, 3.63) is 42.2 Å². The molecule has 0 amide bonds. The molecule has 5 heteroatoms. The molecule has 94 valence electrons. The molecule has 2 heterocycles. The SMILES string of the molecule is Cn1ccnc1CN1CCOc2ccc(F)cc21. The van der Waals surface area contributed by atoms with Crippen molar-refractivity contribution < 1.29 is 9.13 Å². The number of ether oxygens (including phenoxy) is 1. The van der Waals surface area contributed by atoms with Gasteiger partial charge in [0.1, 0.15) is 24.0 Å². The normalized spacial score (nSPS) is 14.2. The van der Waals surface area contributed by atoms with Crippen LogP contribution >= 0.6 is 0 Å². The summed E-state index contributed by atoms with van der Waals surface area (Å²) in [6.45, 7) is 2.01. The van der Waals surface area contributed by atoms with E-state index in [1.165, 1.54) is 12.1 Å². The number of hydrogen-bond donors (Lipinski definition) is 0. The summed E-state index contributed by atoms with van der Waals surface area (Å²) in [7, 11) is 1.95. The molecule has 0 bridgehead atoms. The predicted molar refractivity (Wildman–Crippen MR) is 66.2 cm³/mol. The molecule has 0 radical (unpaired) electrons. The van der Waals surface area contributed by atoms with Crippen LogP contribution in [0.5, 0.6) is 5.75 Å². The first-order valence-electron chi connectivity index (χ1n) is 5.87. The minimum absolute atomic E-state index is 0.246. The lowest BCUT2D eigenvalue weighted by molar-refractivity contribution is 0.305. The van der Waals surface area contributed by atoms with Gasteiger partial charge < -0.3 is 14.2 Å². The van der Waals surface area contributed by atoms with E-state index < -0.39 is 0 Å². The number of halogens is 1. The van der Waals surface area contributed by atoms with Crippen molar-refractivity contribution >= 4 is 5.69 Å². The van der Waals surface area contributed by atoms with E-state index in [4.69, 9.17) is 4.74 Å². The molecule has 4 nitrogen and oxygen atoms in total. The Balaban J connectivity index is 1.91. The van der Waals surface area contributed by atoms with Gasteiger partial charge in [0.05, 0.1) is 18.8 Å². The molecular weight excluding hydrogens is 233 g/mol. The van der Waals surface area contributed by atoms with Crippen LogP contribution in [-0.2, 0) is 13.6 Å². The number of aryl methyl sites for hydroxylation is 1. The number of imidazole rings is 1. The largest absolute Gasteiger partial charge is 0.490 e. The first-order valence-corrected chi connectivity index (χ1v) is 5.87. The standard InChI is InChI=1S/C13H14FN3O/c1-16-5-4-15-13(16)9-17-6-7-18-12-3-2-10(14)8-11(12)17/h2-5,8H,6-7,9H2,1H3. The number of aromatic nitrogens is 2. The van der Waals surface area contributed by atoms with E-state index in [2.05, 4.69) is 9.88 Å². The fourth-order valence-electron chi connectivity index (χ4n) is 2.13. The van der Waals surface area contributed by atoms with Crippen LogP contribution in [0.1, 0.15) is 5.82 Å². The average molecular weight is 247 g/mol. The zero-order chi connectivity index (χ0) is 12.5. The van der Waals surface area contributed by atoms with Crippen molar-refractivity contribution in [1.29, 1.82) is 0 Å². The zero-order valence-electron chi connectivity index (χ0n) is 10.1. The summed E-state index contributed by atoms with van der Waals surface area (Å²) >= 11 is 0. The second-order valence-corrected chi connectivity index (χ2v) is 4.34. The van der Waals surface area contributed by atoms with Gasteiger partial charge in [0.15, 0.2) is 0 Å². The molecule has 1 aromatic carbocycles. The van der Waals surface area contributed by atoms with Crippen LogP contribution in [0.25, 0.3) is 0 Å². The molecule has 1 aliphatic rings. The van der Waals surface area contributed by atoms with E-state index in [1.54, 1.807) is 12.3 Å². The van der Waals surface area contributed by atoms with Crippen molar-refractivity contribution in [1.82, 2.24) is 9.55 Å². The molecule has 0 unspecified atom stereocenters. The molecule has 0 N–H and O–H groups in total. The quantitative estimate of drug-likeness (QED) is 0.812. The van der Waals surface area contributed by atoms with Crippen LogP contribution in [0.4, 0.5) is 10.1 Å². The first-order chi connectivity index (χ1) is 8.74. The molecule has 0 atom stereocenters. The van der Waals surface area contributed by atoms with Gasteiger partial charge >= 0.3 is 0 Å². The highest BCUT2D eigenvalue weighted by Crippen LogP contribution is 2.32. The van der Waals surface area contributed by atoms with Crippen LogP contribution in [-0.4, -0.2) is 22.7 Å².